The summed E-state index contributed by atoms with van der Waals surface area (Å²) < 4.78 is 5.67. The number of amides is 1. The number of ketones is 2. The highest BCUT2D eigenvalue weighted by Gasteiger charge is 2.47. The Labute approximate surface area is 193 Å². The van der Waals surface area contributed by atoms with E-state index in [1.54, 1.807) is 36.4 Å². The maximum absolute atomic E-state index is 13.6. The number of hydrogen-bond acceptors (Lipinski definition) is 6. The van der Waals surface area contributed by atoms with Crippen LogP contribution in [0.3, 0.4) is 0 Å². The Bertz CT molecular complexity index is 1020. The first kappa shape index (κ1) is 23.1. The fourth-order valence-electron chi connectivity index (χ4n) is 4.60. The number of ether oxygens (including phenoxy) is 1. The van der Waals surface area contributed by atoms with E-state index in [4.69, 9.17) is 4.74 Å². The van der Waals surface area contributed by atoms with Crippen molar-refractivity contribution in [1.29, 1.82) is 0 Å². The van der Waals surface area contributed by atoms with Gasteiger partial charge in [0.15, 0.2) is 11.6 Å². The molecule has 2 aliphatic rings. The first-order chi connectivity index (χ1) is 15.8. The molecule has 2 aromatic rings. The molecule has 7 nitrogen and oxygen atoms in total. The van der Waals surface area contributed by atoms with Crippen molar-refractivity contribution in [1.82, 2.24) is 10.6 Å². The van der Waals surface area contributed by atoms with Gasteiger partial charge >= 0.3 is 0 Å². The Morgan fingerprint density at radius 3 is 2.48 bits per heavy atom. The lowest BCUT2D eigenvalue weighted by molar-refractivity contribution is -0.130. The normalized spacial score (nSPS) is 23.2. The van der Waals surface area contributed by atoms with Crippen LogP contribution in [0.5, 0.6) is 5.75 Å². The Hall–Kier alpha value is -3.03. The number of phenolic OH excluding ortho intramolecular Hbond substituents is 1. The van der Waals surface area contributed by atoms with E-state index in [9.17, 15) is 19.5 Å². The van der Waals surface area contributed by atoms with Crippen molar-refractivity contribution in [3.8, 4) is 5.75 Å². The predicted molar refractivity (Wildman–Crippen MR) is 123 cm³/mol. The molecular formula is C26H30N2O5. The van der Waals surface area contributed by atoms with Crippen LogP contribution >= 0.6 is 0 Å². The summed E-state index contributed by atoms with van der Waals surface area (Å²) in [6.07, 6.45) is 0.311. The van der Waals surface area contributed by atoms with Crippen molar-refractivity contribution in [2.24, 2.45) is 5.92 Å². The van der Waals surface area contributed by atoms with Gasteiger partial charge in [-0.1, -0.05) is 38.1 Å². The number of carbonyl (C=O) groups excluding carboxylic acids is 3. The number of fused-ring (bicyclic) bond motifs is 1. The van der Waals surface area contributed by atoms with Crippen molar-refractivity contribution in [2.75, 3.05) is 13.2 Å². The molecule has 2 fully saturated rings. The smallest absolute Gasteiger partial charge is 0.251 e. The topological polar surface area (TPSA) is 105 Å². The summed E-state index contributed by atoms with van der Waals surface area (Å²) in [5.74, 6) is -0.490. The van der Waals surface area contributed by atoms with Gasteiger partial charge in [0, 0.05) is 11.5 Å². The highest BCUT2D eigenvalue weighted by Crippen LogP contribution is 2.28. The van der Waals surface area contributed by atoms with E-state index in [0.717, 1.165) is 11.1 Å². The Morgan fingerprint density at radius 1 is 1.12 bits per heavy atom. The molecule has 4 atom stereocenters. The van der Waals surface area contributed by atoms with Gasteiger partial charge in [-0.3, -0.25) is 14.4 Å². The van der Waals surface area contributed by atoms with Crippen LogP contribution in [-0.2, 0) is 20.7 Å². The molecule has 2 aliphatic heterocycles. The van der Waals surface area contributed by atoms with E-state index >= 15 is 0 Å². The first-order valence-corrected chi connectivity index (χ1v) is 11.4. The molecule has 0 bridgehead atoms. The van der Waals surface area contributed by atoms with Crippen molar-refractivity contribution in [3.63, 3.8) is 0 Å². The average molecular weight is 451 g/mol. The molecule has 0 aromatic heterocycles. The zero-order valence-corrected chi connectivity index (χ0v) is 18.9. The monoisotopic (exact) mass is 450 g/mol. The van der Waals surface area contributed by atoms with Gasteiger partial charge in [0.1, 0.15) is 12.4 Å². The Balaban J connectivity index is 1.56. The zero-order chi connectivity index (χ0) is 23.5. The predicted octanol–water partition coefficient (Wildman–Crippen LogP) is 2.37. The summed E-state index contributed by atoms with van der Waals surface area (Å²) in [5, 5.41) is 15.7. The van der Waals surface area contributed by atoms with Crippen molar-refractivity contribution >= 4 is 17.5 Å². The SMILES string of the molecule is CC(C)c1ccc(C(=O)NC(Cc2ccc(O)cc2)C(=O)C2CCNC3C(=O)COC23)cc1. The molecule has 174 valence electrons. The van der Waals surface area contributed by atoms with E-state index in [1.165, 1.54) is 0 Å². The van der Waals surface area contributed by atoms with E-state index in [2.05, 4.69) is 24.5 Å². The minimum Gasteiger partial charge on any atom is -0.508 e. The zero-order valence-electron chi connectivity index (χ0n) is 18.9. The molecule has 0 radical (unpaired) electrons. The molecule has 4 rings (SSSR count). The third-order valence-electron chi connectivity index (χ3n) is 6.54. The molecule has 2 aromatic carbocycles. The second-order valence-corrected chi connectivity index (χ2v) is 9.14. The Morgan fingerprint density at radius 2 is 1.82 bits per heavy atom. The fourth-order valence-corrected chi connectivity index (χ4v) is 4.60. The van der Waals surface area contributed by atoms with Crippen LogP contribution in [0.2, 0.25) is 0 Å². The van der Waals surface area contributed by atoms with Crippen LogP contribution in [0.1, 0.15) is 47.7 Å². The van der Waals surface area contributed by atoms with Crippen LogP contribution in [0.15, 0.2) is 48.5 Å². The van der Waals surface area contributed by atoms with Gasteiger partial charge in [-0.25, -0.2) is 0 Å². The number of hydrogen-bond donors (Lipinski definition) is 3. The molecular weight excluding hydrogens is 420 g/mol. The van der Waals surface area contributed by atoms with Gasteiger partial charge in [-0.2, -0.15) is 0 Å². The minimum absolute atomic E-state index is 0.00327. The maximum atomic E-state index is 13.6. The molecule has 7 heteroatoms. The molecule has 2 heterocycles. The van der Waals surface area contributed by atoms with Crippen molar-refractivity contribution < 1.29 is 24.2 Å². The minimum atomic E-state index is -0.783. The molecule has 33 heavy (non-hydrogen) atoms. The van der Waals surface area contributed by atoms with E-state index in [0.29, 0.717) is 24.4 Å². The summed E-state index contributed by atoms with van der Waals surface area (Å²) >= 11 is 0. The van der Waals surface area contributed by atoms with Crippen LogP contribution in [0.25, 0.3) is 0 Å². The second kappa shape index (κ2) is 9.85. The highest BCUT2D eigenvalue weighted by atomic mass is 16.5. The van der Waals surface area contributed by atoms with E-state index in [-0.39, 0.29) is 36.3 Å². The third kappa shape index (κ3) is 5.15. The Kier molecular flexibility index (Phi) is 6.91. The third-order valence-corrected chi connectivity index (χ3v) is 6.54. The summed E-state index contributed by atoms with van der Waals surface area (Å²) in [7, 11) is 0. The standard InChI is InChI=1S/C26H30N2O5/c1-15(2)17-5-7-18(8-6-17)26(32)28-21(13-16-3-9-19(29)10-4-16)24(31)20-11-12-27-23-22(30)14-33-25(20)23/h3-10,15,20-21,23,25,27,29H,11-14H2,1-2H3,(H,28,32). The molecule has 0 aliphatic carbocycles. The lowest BCUT2D eigenvalue weighted by atomic mass is 9.82. The molecule has 2 saturated heterocycles. The molecule has 0 spiro atoms. The van der Waals surface area contributed by atoms with E-state index < -0.39 is 24.1 Å². The van der Waals surface area contributed by atoms with Gasteiger partial charge in [0.05, 0.1) is 18.2 Å². The number of phenols is 1. The number of benzene rings is 2. The number of carbonyl (C=O) groups is 3. The van der Waals surface area contributed by atoms with Gasteiger partial charge < -0.3 is 20.5 Å². The summed E-state index contributed by atoms with van der Waals surface area (Å²) in [4.78, 5) is 38.8. The lowest BCUT2D eigenvalue weighted by Crippen LogP contribution is -2.56. The van der Waals surface area contributed by atoms with Crippen molar-refractivity contribution in [3.05, 3.63) is 65.2 Å². The maximum Gasteiger partial charge on any atom is 0.251 e. The van der Waals surface area contributed by atoms with Crippen LogP contribution in [0.4, 0.5) is 0 Å². The molecule has 0 saturated carbocycles. The number of rotatable bonds is 7. The number of piperidine rings is 1. The molecule has 4 unspecified atom stereocenters. The average Bonchev–Trinajstić information content (AvgIpc) is 3.20. The van der Waals surface area contributed by atoms with Gasteiger partial charge in [-0.15, -0.1) is 0 Å². The number of aromatic hydroxyl groups is 1. The number of Topliss-reactive ketones (excluding diaryl/α,β-unsaturated/α-hetero) is 2. The highest BCUT2D eigenvalue weighted by molar-refractivity contribution is 5.99. The first-order valence-electron chi connectivity index (χ1n) is 11.4. The van der Waals surface area contributed by atoms with Gasteiger partial charge in [-0.05, 0) is 60.7 Å². The summed E-state index contributed by atoms with van der Waals surface area (Å²) in [5.41, 5.74) is 2.43. The number of nitrogens with one attached hydrogen (secondary N) is 2. The van der Waals surface area contributed by atoms with Gasteiger partial charge in [0.25, 0.3) is 5.91 Å². The van der Waals surface area contributed by atoms with E-state index in [1.807, 2.05) is 12.1 Å². The van der Waals surface area contributed by atoms with Gasteiger partial charge in [0.2, 0.25) is 0 Å². The van der Waals surface area contributed by atoms with Crippen molar-refractivity contribution in [2.45, 2.75) is 50.8 Å². The van der Waals surface area contributed by atoms with Crippen LogP contribution in [-0.4, -0.2) is 53.9 Å². The molecule has 1 amide bonds. The van der Waals surface area contributed by atoms with Crippen LogP contribution in [0, 0.1) is 5.92 Å². The van der Waals surface area contributed by atoms with Crippen LogP contribution < -0.4 is 10.6 Å². The quantitative estimate of drug-likeness (QED) is 0.598. The largest absolute Gasteiger partial charge is 0.508 e. The summed E-state index contributed by atoms with van der Waals surface area (Å²) in [6.45, 7) is 4.72. The second-order valence-electron chi connectivity index (χ2n) is 9.14. The fraction of sp³-hybridized carbons (Fsp3) is 0.423. The lowest BCUT2D eigenvalue weighted by Gasteiger charge is -2.34. The molecule has 3 N–H and O–H groups in total. The summed E-state index contributed by atoms with van der Waals surface area (Å²) in [6, 6.07) is 12.7.